The summed E-state index contributed by atoms with van der Waals surface area (Å²) in [6, 6.07) is 5.54. The Bertz CT molecular complexity index is 526. The first-order valence-corrected chi connectivity index (χ1v) is 5.71. The Balaban J connectivity index is 2.23. The summed E-state index contributed by atoms with van der Waals surface area (Å²) < 4.78 is 6.11. The fraction of sp³-hybridized carbons (Fsp3) is 0.182. The van der Waals surface area contributed by atoms with Crippen LogP contribution in [0, 0.1) is 0 Å². The molecule has 0 saturated carbocycles. The van der Waals surface area contributed by atoms with Crippen LogP contribution in [0.5, 0.6) is 5.75 Å². The first-order chi connectivity index (χ1) is 8.20. The number of nitrogens with one attached hydrogen (secondary N) is 1. The molecule has 6 heteroatoms. The number of hydrogen-bond acceptors (Lipinski definition) is 4. The molecule has 1 N–H and O–H groups in total. The lowest BCUT2D eigenvalue weighted by Crippen LogP contribution is -2.05. The van der Waals surface area contributed by atoms with Crippen LogP contribution in [0.15, 0.2) is 28.9 Å². The molecule has 0 unspecified atom stereocenters. The number of Topliss-reactive ketones (excluding diaryl/α,β-unsaturated/α-hetero) is 1. The lowest BCUT2D eigenvalue weighted by atomic mass is 10.1. The van der Waals surface area contributed by atoms with E-state index in [0.29, 0.717) is 11.4 Å². The number of benzene rings is 1. The number of H-pyrrole nitrogens is 1. The maximum absolute atomic E-state index is 11.9. The van der Waals surface area contributed by atoms with Gasteiger partial charge in [0.05, 0.1) is 13.3 Å². The molecule has 0 amide bonds. The highest BCUT2D eigenvalue weighted by Crippen LogP contribution is 2.24. The normalized spacial score (nSPS) is 10.2. The van der Waals surface area contributed by atoms with Gasteiger partial charge >= 0.3 is 0 Å². The monoisotopic (exact) mass is 295 g/mol. The molecule has 1 aromatic heterocycles. The SMILES string of the molecule is COc1ccc(Br)cc1CC(=O)c1cn[nH]n1. The minimum Gasteiger partial charge on any atom is -0.496 e. The van der Waals surface area contributed by atoms with Gasteiger partial charge in [-0.2, -0.15) is 15.4 Å². The summed E-state index contributed by atoms with van der Waals surface area (Å²) in [7, 11) is 1.58. The summed E-state index contributed by atoms with van der Waals surface area (Å²) in [4.78, 5) is 11.9. The highest BCUT2D eigenvalue weighted by molar-refractivity contribution is 9.10. The second kappa shape index (κ2) is 5.09. The minimum atomic E-state index is -0.102. The molecule has 0 aliphatic heterocycles. The third-order valence-electron chi connectivity index (χ3n) is 2.29. The Kier molecular flexibility index (Phi) is 3.53. The van der Waals surface area contributed by atoms with Crippen LogP contribution in [-0.4, -0.2) is 28.3 Å². The van der Waals surface area contributed by atoms with Crippen molar-refractivity contribution >= 4 is 21.7 Å². The van der Waals surface area contributed by atoms with E-state index in [1.807, 2.05) is 18.2 Å². The van der Waals surface area contributed by atoms with Crippen molar-refractivity contribution in [1.29, 1.82) is 0 Å². The number of rotatable bonds is 4. The van der Waals surface area contributed by atoms with E-state index in [2.05, 4.69) is 31.3 Å². The van der Waals surface area contributed by atoms with Gasteiger partial charge in [-0.3, -0.25) is 4.79 Å². The summed E-state index contributed by atoms with van der Waals surface area (Å²) in [6.45, 7) is 0. The Morgan fingerprint density at radius 3 is 3.00 bits per heavy atom. The smallest absolute Gasteiger partial charge is 0.189 e. The van der Waals surface area contributed by atoms with E-state index >= 15 is 0 Å². The van der Waals surface area contributed by atoms with Crippen molar-refractivity contribution in [2.24, 2.45) is 0 Å². The Labute approximate surface area is 106 Å². The Morgan fingerprint density at radius 1 is 1.53 bits per heavy atom. The van der Waals surface area contributed by atoms with Crippen molar-refractivity contribution < 1.29 is 9.53 Å². The molecule has 0 aliphatic rings. The van der Waals surface area contributed by atoms with Crippen LogP contribution >= 0.6 is 15.9 Å². The van der Waals surface area contributed by atoms with Gasteiger partial charge in [0.15, 0.2) is 5.78 Å². The van der Waals surface area contributed by atoms with Gasteiger partial charge < -0.3 is 4.74 Å². The number of carbonyl (C=O) groups excluding carboxylic acids is 1. The highest BCUT2D eigenvalue weighted by Gasteiger charge is 2.13. The largest absolute Gasteiger partial charge is 0.496 e. The molecule has 2 aromatic rings. The van der Waals surface area contributed by atoms with Crippen molar-refractivity contribution in [1.82, 2.24) is 15.4 Å². The molecule has 0 spiro atoms. The number of ether oxygens (including phenoxy) is 1. The van der Waals surface area contributed by atoms with E-state index in [1.54, 1.807) is 7.11 Å². The number of halogens is 1. The topological polar surface area (TPSA) is 67.9 Å². The quantitative estimate of drug-likeness (QED) is 0.876. The van der Waals surface area contributed by atoms with E-state index in [0.717, 1.165) is 10.0 Å². The van der Waals surface area contributed by atoms with Gasteiger partial charge in [0.1, 0.15) is 11.4 Å². The zero-order chi connectivity index (χ0) is 12.3. The van der Waals surface area contributed by atoms with Crippen molar-refractivity contribution in [3.8, 4) is 5.75 Å². The number of nitrogens with zero attached hydrogens (tertiary/aromatic N) is 2. The molecule has 0 aliphatic carbocycles. The van der Waals surface area contributed by atoms with Gasteiger partial charge in [-0.05, 0) is 18.2 Å². The van der Waals surface area contributed by atoms with Gasteiger partial charge in [0, 0.05) is 16.5 Å². The summed E-state index contributed by atoms with van der Waals surface area (Å²) in [5.74, 6) is 0.584. The summed E-state index contributed by atoms with van der Waals surface area (Å²) in [6.07, 6.45) is 1.64. The number of aromatic nitrogens is 3. The van der Waals surface area contributed by atoms with Gasteiger partial charge in [-0.25, -0.2) is 0 Å². The molecule has 1 heterocycles. The standard InChI is InChI=1S/C11H10BrN3O2/c1-17-11-3-2-8(12)4-7(11)5-10(16)9-6-13-15-14-9/h2-4,6H,5H2,1H3,(H,13,14,15). The van der Waals surface area contributed by atoms with Crippen molar-refractivity contribution in [2.45, 2.75) is 6.42 Å². The van der Waals surface area contributed by atoms with Crippen LogP contribution < -0.4 is 4.74 Å². The van der Waals surface area contributed by atoms with Crippen LogP contribution in [0.2, 0.25) is 0 Å². The average Bonchev–Trinajstić information content (AvgIpc) is 2.83. The molecule has 0 fully saturated rings. The zero-order valence-electron chi connectivity index (χ0n) is 9.11. The zero-order valence-corrected chi connectivity index (χ0v) is 10.7. The van der Waals surface area contributed by atoms with Gasteiger partial charge in [-0.1, -0.05) is 15.9 Å². The Hall–Kier alpha value is -1.69. The predicted molar refractivity (Wildman–Crippen MR) is 65.1 cm³/mol. The summed E-state index contributed by atoms with van der Waals surface area (Å²) in [5.41, 5.74) is 1.14. The van der Waals surface area contributed by atoms with E-state index in [9.17, 15) is 4.79 Å². The van der Waals surface area contributed by atoms with Crippen LogP contribution in [0.3, 0.4) is 0 Å². The van der Waals surface area contributed by atoms with Crippen molar-refractivity contribution in [2.75, 3.05) is 7.11 Å². The number of hydrogen-bond donors (Lipinski definition) is 1. The number of carbonyl (C=O) groups is 1. The number of methoxy groups -OCH3 is 1. The van der Waals surface area contributed by atoms with Crippen molar-refractivity contribution in [3.63, 3.8) is 0 Å². The molecule has 5 nitrogen and oxygen atoms in total. The summed E-state index contributed by atoms with van der Waals surface area (Å²) >= 11 is 3.36. The predicted octanol–water partition coefficient (Wildman–Crippen LogP) is 2.00. The molecule has 17 heavy (non-hydrogen) atoms. The molecular formula is C11H10BrN3O2. The molecule has 0 saturated heterocycles. The van der Waals surface area contributed by atoms with Gasteiger partial charge in [0.2, 0.25) is 0 Å². The molecule has 1 aromatic carbocycles. The first-order valence-electron chi connectivity index (χ1n) is 4.92. The Morgan fingerprint density at radius 2 is 2.35 bits per heavy atom. The first kappa shape index (κ1) is 11.8. The van der Waals surface area contributed by atoms with Gasteiger partial charge in [-0.15, -0.1) is 0 Å². The molecule has 0 radical (unpaired) electrons. The van der Waals surface area contributed by atoms with E-state index in [-0.39, 0.29) is 12.2 Å². The number of ketones is 1. The molecule has 2 rings (SSSR count). The molecule has 0 bridgehead atoms. The molecule has 0 atom stereocenters. The summed E-state index contributed by atoms with van der Waals surface area (Å²) in [5, 5.41) is 9.77. The fourth-order valence-electron chi connectivity index (χ4n) is 1.48. The lowest BCUT2D eigenvalue weighted by molar-refractivity contribution is 0.0987. The molecular weight excluding hydrogens is 286 g/mol. The second-order valence-corrected chi connectivity index (χ2v) is 4.33. The molecule has 88 valence electrons. The van der Waals surface area contributed by atoms with E-state index < -0.39 is 0 Å². The minimum absolute atomic E-state index is 0.102. The van der Waals surface area contributed by atoms with Crippen LogP contribution in [0.1, 0.15) is 16.1 Å². The van der Waals surface area contributed by atoms with Crippen LogP contribution in [-0.2, 0) is 6.42 Å². The van der Waals surface area contributed by atoms with E-state index in [4.69, 9.17) is 4.74 Å². The van der Waals surface area contributed by atoms with Crippen LogP contribution in [0.25, 0.3) is 0 Å². The number of aromatic amines is 1. The van der Waals surface area contributed by atoms with Crippen LogP contribution in [0.4, 0.5) is 0 Å². The van der Waals surface area contributed by atoms with Crippen molar-refractivity contribution in [3.05, 3.63) is 40.1 Å². The highest BCUT2D eigenvalue weighted by atomic mass is 79.9. The maximum Gasteiger partial charge on any atom is 0.189 e. The lowest BCUT2D eigenvalue weighted by Gasteiger charge is -2.07. The van der Waals surface area contributed by atoms with Gasteiger partial charge in [0.25, 0.3) is 0 Å². The average molecular weight is 296 g/mol. The maximum atomic E-state index is 11.9. The fourth-order valence-corrected chi connectivity index (χ4v) is 1.89. The second-order valence-electron chi connectivity index (χ2n) is 3.41. The third kappa shape index (κ3) is 2.71. The van der Waals surface area contributed by atoms with E-state index in [1.165, 1.54) is 6.20 Å². The third-order valence-corrected chi connectivity index (χ3v) is 2.79.